The first-order valence-electron chi connectivity index (χ1n) is 8.34. The number of H-pyrrole nitrogens is 1. The summed E-state index contributed by atoms with van der Waals surface area (Å²) in [5, 5.41) is 6.65. The second kappa shape index (κ2) is 7.07. The zero-order valence-electron chi connectivity index (χ0n) is 12.8. The third kappa shape index (κ3) is 3.84. The van der Waals surface area contributed by atoms with Crippen molar-refractivity contribution in [2.45, 2.75) is 38.5 Å². The molecule has 1 N–H and O–H groups in total. The lowest BCUT2D eigenvalue weighted by Crippen LogP contribution is -2.37. The van der Waals surface area contributed by atoms with Crippen LogP contribution in [0, 0.1) is 5.92 Å². The minimum Gasteiger partial charge on any atom is -0.336 e. The van der Waals surface area contributed by atoms with E-state index in [1.807, 2.05) is 4.90 Å². The van der Waals surface area contributed by atoms with E-state index in [0.29, 0.717) is 5.69 Å². The molecule has 1 saturated carbocycles. The molecule has 0 bridgehead atoms. The van der Waals surface area contributed by atoms with Crippen molar-refractivity contribution in [2.24, 2.45) is 5.92 Å². The van der Waals surface area contributed by atoms with Crippen LogP contribution >= 0.6 is 0 Å². The topological polar surface area (TPSA) is 52.2 Å². The van der Waals surface area contributed by atoms with Crippen molar-refractivity contribution in [3.05, 3.63) is 18.0 Å². The van der Waals surface area contributed by atoms with Gasteiger partial charge in [-0.15, -0.1) is 0 Å². The Hall–Kier alpha value is -1.36. The standard InChI is InChI=1S/C16H26N4O/c21-16(15-7-8-17-18-15)20-10-4-9-19(11-12-20)13-14-5-2-1-3-6-14/h7-8,14H,1-6,9-13H2,(H,17,18). The number of carbonyl (C=O) groups excluding carboxylic acids is 1. The van der Waals surface area contributed by atoms with Crippen LogP contribution in [-0.2, 0) is 0 Å². The normalized spacial score (nSPS) is 22.2. The van der Waals surface area contributed by atoms with Gasteiger partial charge in [0.15, 0.2) is 0 Å². The quantitative estimate of drug-likeness (QED) is 0.928. The van der Waals surface area contributed by atoms with Crippen LogP contribution in [0.1, 0.15) is 49.0 Å². The van der Waals surface area contributed by atoms with Gasteiger partial charge in [-0.2, -0.15) is 5.10 Å². The van der Waals surface area contributed by atoms with Crippen LogP contribution in [-0.4, -0.2) is 58.6 Å². The van der Waals surface area contributed by atoms with Crippen LogP contribution in [0.15, 0.2) is 12.3 Å². The molecule has 1 aromatic rings. The van der Waals surface area contributed by atoms with E-state index in [4.69, 9.17) is 0 Å². The molecule has 2 heterocycles. The molecule has 0 radical (unpaired) electrons. The maximum absolute atomic E-state index is 12.3. The smallest absolute Gasteiger partial charge is 0.271 e. The molecular formula is C16H26N4O. The van der Waals surface area contributed by atoms with E-state index < -0.39 is 0 Å². The number of aromatic nitrogens is 2. The zero-order valence-corrected chi connectivity index (χ0v) is 12.8. The Morgan fingerprint density at radius 3 is 2.76 bits per heavy atom. The van der Waals surface area contributed by atoms with Crippen LogP contribution in [0.5, 0.6) is 0 Å². The van der Waals surface area contributed by atoms with Gasteiger partial charge in [-0.25, -0.2) is 0 Å². The summed E-state index contributed by atoms with van der Waals surface area (Å²) < 4.78 is 0. The number of hydrogen-bond donors (Lipinski definition) is 1. The minimum atomic E-state index is 0.0898. The first-order valence-corrected chi connectivity index (χ1v) is 8.34. The Kier molecular flexibility index (Phi) is 4.91. The summed E-state index contributed by atoms with van der Waals surface area (Å²) in [5.74, 6) is 0.973. The average Bonchev–Trinajstić information content (AvgIpc) is 2.95. The molecule has 1 saturated heterocycles. The van der Waals surface area contributed by atoms with E-state index in [1.54, 1.807) is 12.3 Å². The summed E-state index contributed by atoms with van der Waals surface area (Å²) in [6.07, 6.45) is 9.74. The average molecular weight is 290 g/mol. The molecule has 1 aliphatic carbocycles. The molecule has 1 amide bonds. The van der Waals surface area contributed by atoms with Crippen LogP contribution in [0.4, 0.5) is 0 Å². The van der Waals surface area contributed by atoms with Crippen LogP contribution in [0.25, 0.3) is 0 Å². The van der Waals surface area contributed by atoms with Crippen molar-refractivity contribution >= 4 is 5.91 Å². The van der Waals surface area contributed by atoms with Gasteiger partial charge in [0.25, 0.3) is 5.91 Å². The van der Waals surface area contributed by atoms with Crippen molar-refractivity contribution < 1.29 is 4.79 Å². The van der Waals surface area contributed by atoms with Crippen molar-refractivity contribution in [1.29, 1.82) is 0 Å². The summed E-state index contributed by atoms with van der Waals surface area (Å²) in [6, 6.07) is 1.76. The number of aromatic amines is 1. The van der Waals surface area contributed by atoms with Gasteiger partial charge in [0, 0.05) is 32.4 Å². The van der Waals surface area contributed by atoms with E-state index in [-0.39, 0.29) is 5.91 Å². The highest BCUT2D eigenvalue weighted by molar-refractivity contribution is 5.92. The first kappa shape index (κ1) is 14.6. The van der Waals surface area contributed by atoms with Gasteiger partial charge in [-0.05, 0) is 37.8 Å². The van der Waals surface area contributed by atoms with Gasteiger partial charge in [0.05, 0.1) is 0 Å². The molecule has 0 aromatic carbocycles. The lowest BCUT2D eigenvalue weighted by atomic mass is 9.89. The third-order valence-corrected chi connectivity index (χ3v) is 4.85. The van der Waals surface area contributed by atoms with Gasteiger partial charge in [-0.1, -0.05) is 19.3 Å². The summed E-state index contributed by atoms with van der Waals surface area (Å²) >= 11 is 0. The van der Waals surface area contributed by atoms with Gasteiger partial charge >= 0.3 is 0 Å². The summed E-state index contributed by atoms with van der Waals surface area (Å²) in [7, 11) is 0. The van der Waals surface area contributed by atoms with Gasteiger partial charge < -0.3 is 9.80 Å². The van der Waals surface area contributed by atoms with Crippen molar-refractivity contribution in [3.8, 4) is 0 Å². The number of nitrogens with one attached hydrogen (secondary N) is 1. The lowest BCUT2D eigenvalue weighted by Gasteiger charge is -2.28. The zero-order chi connectivity index (χ0) is 14.5. The van der Waals surface area contributed by atoms with E-state index in [9.17, 15) is 4.79 Å². The SMILES string of the molecule is O=C(c1ccn[nH]1)N1CCCN(CC2CCCCC2)CC1. The Morgan fingerprint density at radius 2 is 2.00 bits per heavy atom. The molecule has 5 nitrogen and oxygen atoms in total. The number of hydrogen-bond acceptors (Lipinski definition) is 3. The molecule has 0 unspecified atom stereocenters. The van der Waals surface area contributed by atoms with Crippen molar-refractivity contribution in [2.75, 3.05) is 32.7 Å². The van der Waals surface area contributed by atoms with E-state index >= 15 is 0 Å². The maximum Gasteiger partial charge on any atom is 0.271 e. The predicted octanol–water partition coefficient (Wildman–Crippen LogP) is 2.14. The highest BCUT2D eigenvalue weighted by Gasteiger charge is 2.23. The van der Waals surface area contributed by atoms with Crippen molar-refractivity contribution in [1.82, 2.24) is 20.0 Å². The molecule has 5 heteroatoms. The highest BCUT2D eigenvalue weighted by Crippen LogP contribution is 2.24. The maximum atomic E-state index is 12.3. The van der Waals surface area contributed by atoms with Crippen LogP contribution < -0.4 is 0 Å². The van der Waals surface area contributed by atoms with Gasteiger partial charge in [0.1, 0.15) is 5.69 Å². The Morgan fingerprint density at radius 1 is 1.14 bits per heavy atom. The number of rotatable bonds is 3. The molecule has 116 valence electrons. The summed E-state index contributed by atoms with van der Waals surface area (Å²) in [6.45, 7) is 5.06. The molecule has 0 atom stereocenters. The number of amides is 1. The van der Waals surface area contributed by atoms with E-state index in [1.165, 1.54) is 38.6 Å². The third-order valence-electron chi connectivity index (χ3n) is 4.85. The first-order chi connectivity index (χ1) is 10.3. The van der Waals surface area contributed by atoms with Crippen LogP contribution in [0.2, 0.25) is 0 Å². The van der Waals surface area contributed by atoms with Crippen LogP contribution in [0.3, 0.4) is 0 Å². The molecular weight excluding hydrogens is 264 g/mol. The highest BCUT2D eigenvalue weighted by atomic mass is 16.2. The van der Waals surface area contributed by atoms with E-state index in [2.05, 4.69) is 15.1 Å². The second-order valence-electron chi connectivity index (χ2n) is 6.42. The predicted molar refractivity (Wildman–Crippen MR) is 82.1 cm³/mol. The molecule has 2 fully saturated rings. The minimum absolute atomic E-state index is 0.0898. The fourth-order valence-corrected chi connectivity index (χ4v) is 3.64. The number of carbonyl (C=O) groups is 1. The Balaban J connectivity index is 1.50. The second-order valence-corrected chi connectivity index (χ2v) is 6.42. The fourth-order valence-electron chi connectivity index (χ4n) is 3.64. The lowest BCUT2D eigenvalue weighted by molar-refractivity contribution is 0.0754. The summed E-state index contributed by atoms with van der Waals surface area (Å²) in [4.78, 5) is 16.9. The Bertz CT molecular complexity index is 439. The molecule has 0 spiro atoms. The number of nitrogens with zero attached hydrogens (tertiary/aromatic N) is 3. The fraction of sp³-hybridized carbons (Fsp3) is 0.750. The molecule has 21 heavy (non-hydrogen) atoms. The largest absolute Gasteiger partial charge is 0.336 e. The van der Waals surface area contributed by atoms with Gasteiger partial charge in [0.2, 0.25) is 0 Å². The van der Waals surface area contributed by atoms with Gasteiger partial charge in [-0.3, -0.25) is 9.89 Å². The molecule has 3 rings (SSSR count). The molecule has 2 aliphatic rings. The monoisotopic (exact) mass is 290 g/mol. The summed E-state index contributed by atoms with van der Waals surface area (Å²) in [5.41, 5.74) is 0.607. The van der Waals surface area contributed by atoms with Crippen molar-refractivity contribution in [3.63, 3.8) is 0 Å². The Labute approximate surface area is 126 Å². The molecule has 1 aromatic heterocycles. The van der Waals surface area contributed by atoms with E-state index in [0.717, 1.165) is 38.5 Å². The molecule has 1 aliphatic heterocycles.